The van der Waals surface area contributed by atoms with Crippen LogP contribution in [0.15, 0.2) is 42.5 Å². The van der Waals surface area contributed by atoms with Crippen LogP contribution in [0.25, 0.3) is 11.3 Å². The fourth-order valence-electron chi connectivity index (χ4n) is 4.16. The average molecular weight is 405 g/mol. The van der Waals surface area contributed by atoms with E-state index in [1.165, 1.54) is 12.1 Å². The molecule has 0 saturated carbocycles. The van der Waals surface area contributed by atoms with Crippen molar-refractivity contribution >= 4 is 6.41 Å². The van der Waals surface area contributed by atoms with Gasteiger partial charge < -0.3 is 15.0 Å². The average Bonchev–Trinajstić information content (AvgIpc) is 3.10. The minimum Gasteiger partial charge on any atom is -0.375 e. The summed E-state index contributed by atoms with van der Waals surface area (Å²) in [6.45, 7) is 4.20. The maximum Gasteiger partial charge on any atom is 0.416 e. The number of aromatic nitrogens is 1. The molecule has 2 saturated heterocycles. The minimum atomic E-state index is -4.35. The van der Waals surface area contributed by atoms with Gasteiger partial charge in [0, 0.05) is 43.1 Å². The van der Waals surface area contributed by atoms with Gasteiger partial charge >= 0.3 is 6.18 Å². The molecular formula is C21H22F3N3O2. The molecule has 2 aromatic rings. The molecule has 1 unspecified atom stereocenters. The van der Waals surface area contributed by atoms with Crippen LogP contribution in [0.2, 0.25) is 0 Å². The van der Waals surface area contributed by atoms with E-state index in [2.05, 4.69) is 10.3 Å². The number of nitrogens with one attached hydrogen (secondary N) is 1. The second-order valence-corrected chi connectivity index (χ2v) is 7.80. The van der Waals surface area contributed by atoms with E-state index in [0.717, 1.165) is 50.4 Å². The quantitative estimate of drug-likeness (QED) is 0.751. The van der Waals surface area contributed by atoms with Gasteiger partial charge in [-0.1, -0.05) is 18.2 Å². The molecule has 2 fully saturated rings. The number of nitrogens with zero attached hydrogens (tertiary/aromatic N) is 2. The molecule has 1 atom stereocenters. The van der Waals surface area contributed by atoms with Crippen LogP contribution in [0.5, 0.6) is 0 Å². The van der Waals surface area contributed by atoms with Crippen LogP contribution in [0.1, 0.15) is 11.3 Å². The van der Waals surface area contributed by atoms with E-state index in [4.69, 9.17) is 4.74 Å². The standard InChI is InChI=1S/C21H22F3N3O2/c22-21(23,24)16-6-4-15(5-7-16)19-3-1-2-18(26-19)10-29-9-17-8-25-11-20(17)12-27(13-20)14-28/h1-7,14,17,25H,8-13H2. The molecular weight excluding hydrogens is 383 g/mol. The number of benzene rings is 1. The number of ether oxygens (including phenoxy) is 1. The molecule has 1 aromatic heterocycles. The first-order valence-corrected chi connectivity index (χ1v) is 9.51. The number of carbonyl (C=O) groups is 1. The van der Waals surface area contributed by atoms with Crippen LogP contribution in [0.3, 0.4) is 0 Å². The second-order valence-electron chi connectivity index (χ2n) is 7.80. The smallest absolute Gasteiger partial charge is 0.375 e. The Morgan fingerprint density at radius 1 is 1.21 bits per heavy atom. The molecule has 0 bridgehead atoms. The maximum atomic E-state index is 12.7. The third-order valence-corrected chi connectivity index (χ3v) is 5.80. The van der Waals surface area contributed by atoms with Crippen LogP contribution in [-0.2, 0) is 22.3 Å². The van der Waals surface area contributed by atoms with E-state index in [1.54, 1.807) is 11.0 Å². The highest BCUT2D eigenvalue weighted by Gasteiger charge is 2.51. The van der Waals surface area contributed by atoms with E-state index in [-0.39, 0.29) is 5.41 Å². The lowest BCUT2D eigenvalue weighted by Gasteiger charge is -2.49. The number of carbonyl (C=O) groups excluding carboxylic acids is 1. The number of alkyl halides is 3. The Hall–Kier alpha value is -2.45. The minimum absolute atomic E-state index is 0.108. The highest BCUT2D eigenvalue weighted by atomic mass is 19.4. The lowest BCUT2D eigenvalue weighted by Crippen LogP contribution is -2.60. The Kier molecular flexibility index (Phi) is 5.31. The zero-order valence-corrected chi connectivity index (χ0v) is 15.8. The molecule has 4 rings (SSSR count). The van der Waals surface area contributed by atoms with Crippen LogP contribution >= 0.6 is 0 Å². The molecule has 1 spiro atoms. The third kappa shape index (κ3) is 4.13. The first-order chi connectivity index (χ1) is 13.9. The van der Waals surface area contributed by atoms with Crippen LogP contribution in [-0.4, -0.2) is 49.1 Å². The summed E-state index contributed by atoms with van der Waals surface area (Å²) in [4.78, 5) is 17.2. The predicted octanol–water partition coefficient (Wildman–Crippen LogP) is 2.96. The van der Waals surface area contributed by atoms with Crippen LogP contribution < -0.4 is 5.32 Å². The summed E-state index contributed by atoms with van der Waals surface area (Å²) in [7, 11) is 0. The number of hydrogen-bond acceptors (Lipinski definition) is 4. The van der Waals surface area contributed by atoms with E-state index in [9.17, 15) is 18.0 Å². The summed E-state index contributed by atoms with van der Waals surface area (Å²) in [5.41, 5.74) is 1.40. The van der Waals surface area contributed by atoms with Crippen LogP contribution in [0, 0.1) is 11.3 Å². The van der Waals surface area contributed by atoms with Gasteiger partial charge in [-0.25, -0.2) is 0 Å². The molecule has 1 aromatic carbocycles. The number of halogens is 3. The highest BCUT2D eigenvalue weighted by Crippen LogP contribution is 2.40. The van der Waals surface area contributed by atoms with Gasteiger partial charge in [0.25, 0.3) is 0 Å². The number of rotatable bonds is 6. The first-order valence-electron chi connectivity index (χ1n) is 9.51. The fourth-order valence-corrected chi connectivity index (χ4v) is 4.16. The molecule has 0 aliphatic carbocycles. The second kappa shape index (κ2) is 7.76. The highest BCUT2D eigenvalue weighted by molar-refractivity contribution is 5.59. The molecule has 2 aliphatic rings. The lowest BCUT2D eigenvalue weighted by atomic mass is 9.72. The van der Waals surface area contributed by atoms with E-state index in [0.29, 0.717) is 30.4 Å². The largest absolute Gasteiger partial charge is 0.416 e. The molecule has 1 N–H and O–H groups in total. The topological polar surface area (TPSA) is 54.5 Å². The third-order valence-electron chi connectivity index (χ3n) is 5.80. The van der Waals surface area contributed by atoms with Gasteiger partial charge in [-0.15, -0.1) is 0 Å². The van der Waals surface area contributed by atoms with Gasteiger partial charge in [-0.3, -0.25) is 9.78 Å². The van der Waals surface area contributed by atoms with Crippen molar-refractivity contribution in [2.24, 2.45) is 11.3 Å². The number of hydrogen-bond donors (Lipinski definition) is 1. The van der Waals surface area contributed by atoms with Crippen molar-refractivity contribution in [3.8, 4) is 11.3 Å². The molecule has 29 heavy (non-hydrogen) atoms. The predicted molar refractivity (Wildman–Crippen MR) is 101 cm³/mol. The Bertz CT molecular complexity index is 864. The molecule has 154 valence electrons. The van der Waals surface area contributed by atoms with Crippen molar-refractivity contribution in [2.75, 3.05) is 32.8 Å². The van der Waals surface area contributed by atoms with Crippen LogP contribution in [0.4, 0.5) is 13.2 Å². The Morgan fingerprint density at radius 3 is 2.66 bits per heavy atom. The van der Waals surface area contributed by atoms with Gasteiger partial charge in [0.15, 0.2) is 0 Å². The van der Waals surface area contributed by atoms with Gasteiger partial charge in [-0.2, -0.15) is 13.2 Å². The van der Waals surface area contributed by atoms with Crippen molar-refractivity contribution < 1.29 is 22.7 Å². The fraction of sp³-hybridized carbons (Fsp3) is 0.429. The number of likely N-dealkylation sites (tertiary alicyclic amines) is 1. The van der Waals surface area contributed by atoms with Crippen molar-refractivity contribution in [3.63, 3.8) is 0 Å². The zero-order valence-electron chi connectivity index (χ0n) is 15.8. The Morgan fingerprint density at radius 2 is 1.97 bits per heavy atom. The Labute approximate surface area is 166 Å². The monoisotopic (exact) mass is 405 g/mol. The van der Waals surface area contributed by atoms with E-state index < -0.39 is 11.7 Å². The van der Waals surface area contributed by atoms with Crippen molar-refractivity contribution in [1.82, 2.24) is 15.2 Å². The SMILES string of the molecule is O=CN1CC2(CNCC2COCc2cccc(-c3ccc(C(F)(F)F)cc3)n2)C1. The number of pyridine rings is 1. The maximum absolute atomic E-state index is 12.7. The molecule has 8 heteroatoms. The number of amides is 1. The molecule has 2 aliphatic heterocycles. The van der Waals surface area contributed by atoms with Crippen molar-refractivity contribution in [1.29, 1.82) is 0 Å². The zero-order chi connectivity index (χ0) is 20.5. The molecule has 3 heterocycles. The van der Waals surface area contributed by atoms with Gasteiger partial charge in [0.05, 0.1) is 30.2 Å². The van der Waals surface area contributed by atoms with Gasteiger partial charge in [-0.05, 0) is 24.3 Å². The van der Waals surface area contributed by atoms with Crippen molar-refractivity contribution in [3.05, 3.63) is 53.7 Å². The Balaban J connectivity index is 1.35. The normalized spacial score (nSPS) is 20.7. The molecule has 5 nitrogen and oxygen atoms in total. The van der Waals surface area contributed by atoms with E-state index >= 15 is 0 Å². The summed E-state index contributed by atoms with van der Waals surface area (Å²) in [5.74, 6) is 0.344. The summed E-state index contributed by atoms with van der Waals surface area (Å²) in [6.07, 6.45) is -3.46. The van der Waals surface area contributed by atoms with Gasteiger partial charge in [0.2, 0.25) is 6.41 Å². The summed E-state index contributed by atoms with van der Waals surface area (Å²) in [5, 5.41) is 3.39. The molecule has 0 radical (unpaired) electrons. The van der Waals surface area contributed by atoms with Gasteiger partial charge in [0.1, 0.15) is 0 Å². The summed E-state index contributed by atoms with van der Waals surface area (Å²) in [6, 6.07) is 10.4. The summed E-state index contributed by atoms with van der Waals surface area (Å²) >= 11 is 0. The molecule has 1 amide bonds. The summed E-state index contributed by atoms with van der Waals surface area (Å²) < 4.78 is 44.1. The van der Waals surface area contributed by atoms with Crippen molar-refractivity contribution in [2.45, 2.75) is 12.8 Å². The lowest BCUT2D eigenvalue weighted by molar-refractivity contribution is -0.137. The first kappa shape index (κ1) is 19.8. The van der Waals surface area contributed by atoms with E-state index in [1.807, 2.05) is 12.1 Å².